The minimum Gasteiger partial charge on any atom is -0.432 e. The van der Waals surface area contributed by atoms with E-state index in [1.807, 2.05) is 60.7 Å². The molecule has 128 valence electrons. The Morgan fingerprint density at radius 2 is 1.36 bits per heavy atom. The van der Waals surface area contributed by atoms with Gasteiger partial charge in [-0.15, -0.1) is 0 Å². The Labute approximate surface area is 145 Å². The van der Waals surface area contributed by atoms with Crippen LogP contribution in [0.15, 0.2) is 60.7 Å². The number of hydrogen-bond donors (Lipinski definition) is 1. The van der Waals surface area contributed by atoms with Crippen LogP contribution in [0.3, 0.4) is 0 Å². The van der Waals surface area contributed by atoms with Gasteiger partial charge in [-0.2, -0.15) is 0 Å². The molecule has 2 aromatic rings. The van der Waals surface area contributed by atoms with Crippen LogP contribution in [-0.2, 0) is 22.6 Å². The van der Waals surface area contributed by atoms with E-state index in [1.165, 1.54) is 9.80 Å². The second-order valence-electron chi connectivity index (χ2n) is 6.27. The Morgan fingerprint density at radius 3 is 1.92 bits per heavy atom. The van der Waals surface area contributed by atoms with Crippen molar-refractivity contribution in [1.82, 2.24) is 9.80 Å². The molecular formula is C19H18N2O4. The van der Waals surface area contributed by atoms with Gasteiger partial charge in [-0.25, -0.2) is 9.59 Å². The predicted molar refractivity (Wildman–Crippen MR) is 89.0 cm³/mol. The molecule has 2 amide bonds. The van der Waals surface area contributed by atoms with E-state index in [0.717, 1.165) is 11.1 Å². The van der Waals surface area contributed by atoms with Gasteiger partial charge in [0.2, 0.25) is 6.29 Å². The molecule has 0 bridgehead atoms. The zero-order chi connectivity index (χ0) is 17.4. The third-order valence-corrected chi connectivity index (χ3v) is 4.67. The average molecular weight is 338 g/mol. The van der Waals surface area contributed by atoms with E-state index in [4.69, 9.17) is 4.74 Å². The summed E-state index contributed by atoms with van der Waals surface area (Å²) >= 11 is 0. The summed E-state index contributed by atoms with van der Waals surface area (Å²) in [4.78, 5) is 28.2. The van der Waals surface area contributed by atoms with E-state index in [9.17, 15) is 14.7 Å². The summed E-state index contributed by atoms with van der Waals surface area (Å²) in [5.74, 6) is -0.558. The maximum absolute atomic E-state index is 13.0. The zero-order valence-corrected chi connectivity index (χ0v) is 13.5. The van der Waals surface area contributed by atoms with Crippen LogP contribution in [-0.4, -0.2) is 45.3 Å². The molecule has 2 aromatic carbocycles. The number of amides is 2. The van der Waals surface area contributed by atoms with E-state index >= 15 is 0 Å². The third-order valence-electron chi connectivity index (χ3n) is 4.67. The largest absolute Gasteiger partial charge is 0.432 e. The first-order valence-corrected chi connectivity index (χ1v) is 8.19. The number of carbonyl (C=O) groups is 2. The van der Waals surface area contributed by atoms with E-state index in [-0.39, 0.29) is 6.03 Å². The number of hydrogen-bond acceptors (Lipinski definition) is 4. The summed E-state index contributed by atoms with van der Waals surface area (Å²) in [6, 6.07) is 17.2. The first-order chi connectivity index (χ1) is 12.1. The van der Waals surface area contributed by atoms with Crippen molar-refractivity contribution in [2.24, 2.45) is 0 Å². The number of fused-ring (bicyclic) bond motifs is 1. The second kappa shape index (κ2) is 6.22. The minimum absolute atomic E-state index is 0.265. The third kappa shape index (κ3) is 2.74. The van der Waals surface area contributed by atoms with Gasteiger partial charge in [0.05, 0.1) is 0 Å². The fourth-order valence-corrected chi connectivity index (χ4v) is 3.50. The molecule has 2 heterocycles. The van der Waals surface area contributed by atoms with Gasteiger partial charge >= 0.3 is 12.0 Å². The smallest absolute Gasteiger partial charge is 0.333 e. The molecule has 0 aliphatic carbocycles. The summed E-state index contributed by atoms with van der Waals surface area (Å²) in [6.07, 6.45) is -1.30. The Kier molecular flexibility index (Phi) is 3.89. The molecule has 0 spiro atoms. The topological polar surface area (TPSA) is 70.1 Å². The predicted octanol–water partition coefficient (Wildman–Crippen LogP) is 1.74. The fourth-order valence-electron chi connectivity index (χ4n) is 3.50. The monoisotopic (exact) mass is 338 g/mol. The van der Waals surface area contributed by atoms with Crippen molar-refractivity contribution in [2.45, 2.75) is 31.5 Å². The quantitative estimate of drug-likeness (QED) is 0.862. The lowest BCUT2D eigenvalue weighted by molar-refractivity contribution is -0.158. The molecule has 6 nitrogen and oxygen atoms in total. The van der Waals surface area contributed by atoms with Gasteiger partial charge in [0, 0.05) is 13.1 Å². The lowest BCUT2D eigenvalue weighted by atomic mass is 10.1. The molecule has 0 saturated carbocycles. The maximum Gasteiger partial charge on any atom is 0.333 e. The average Bonchev–Trinajstić information content (AvgIpc) is 3.06. The molecule has 6 heteroatoms. The highest BCUT2D eigenvalue weighted by Crippen LogP contribution is 2.34. The molecule has 0 radical (unpaired) electrons. The number of urea groups is 1. The fraction of sp³-hybridized carbons (Fsp3) is 0.263. The van der Waals surface area contributed by atoms with Gasteiger partial charge in [-0.3, -0.25) is 0 Å². The molecular weight excluding hydrogens is 320 g/mol. The van der Waals surface area contributed by atoms with E-state index in [0.29, 0.717) is 13.1 Å². The van der Waals surface area contributed by atoms with Crippen molar-refractivity contribution in [3.63, 3.8) is 0 Å². The Balaban J connectivity index is 1.64. The highest BCUT2D eigenvalue weighted by atomic mass is 16.6. The maximum atomic E-state index is 13.0. The molecule has 2 fully saturated rings. The number of cyclic esters (lactones) is 1. The molecule has 2 aliphatic rings. The van der Waals surface area contributed by atoms with Crippen LogP contribution in [0, 0.1) is 0 Å². The Hall–Kier alpha value is -2.86. The van der Waals surface area contributed by atoms with Gasteiger partial charge in [0.15, 0.2) is 6.04 Å². The summed E-state index contributed by atoms with van der Waals surface area (Å²) < 4.78 is 4.99. The zero-order valence-electron chi connectivity index (χ0n) is 13.5. The SMILES string of the molecule is O=C1O[C@H](O)[C@@H]2[C@H]1N(Cc1ccccc1)C(=O)N2Cc1ccccc1. The molecule has 2 aliphatic heterocycles. The second-order valence-corrected chi connectivity index (χ2v) is 6.27. The molecule has 25 heavy (non-hydrogen) atoms. The van der Waals surface area contributed by atoms with Crippen LogP contribution >= 0.6 is 0 Å². The van der Waals surface area contributed by atoms with Crippen molar-refractivity contribution in [2.75, 3.05) is 0 Å². The van der Waals surface area contributed by atoms with E-state index < -0.39 is 24.3 Å². The van der Waals surface area contributed by atoms with Gasteiger partial charge in [0.1, 0.15) is 6.04 Å². The standard InChI is InChI=1S/C19H18N2O4/c22-17-15-16(18(23)25-17)21(12-14-9-5-2-6-10-14)19(24)20(15)11-13-7-3-1-4-8-13/h1-10,15-17,22H,11-12H2/t15-,16+,17-/m0/s1. The summed E-state index contributed by atoms with van der Waals surface area (Å²) in [7, 11) is 0. The van der Waals surface area contributed by atoms with Crippen LogP contribution in [0.1, 0.15) is 11.1 Å². The lowest BCUT2D eigenvalue weighted by Gasteiger charge is -2.24. The molecule has 3 atom stereocenters. The van der Waals surface area contributed by atoms with E-state index in [2.05, 4.69) is 0 Å². The summed E-state index contributed by atoms with van der Waals surface area (Å²) in [5.41, 5.74) is 1.85. The molecule has 0 aromatic heterocycles. The summed E-state index contributed by atoms with van der Waals surface area (Å²) in [6.45, 7) is 0.619. The number of carbonyl (C=O) groups excluding carboxylic acids is 2. The number of ether oxygens (including phenoxy) is 1. The van der Waals surface area contributed by atoms with Crippen molar-refractivity contribution in [1.29, 1.82) is 0 Å². The van der Waals surface area contributed by atoms with Crippen molar-refractivity contribution in [3.8, 4) is 0 Å². The van der Waals surface area contributed by atoms with Crippen molar-refractivity contribution < 1.29 is 19.4 Å². The highest BCUT2D eigenvalue weighted by molar-refractivity contribution is 5.90. The molecule has 4 rings (SSSR count). The van der Waals surface area contributed by atoms with Gasteiger partial charge in [-0.1, -0.05) is 60.7 Å². The number of nitrogens with zero attached hydrogens (tertiary/aromatic N) is 2. The van der Waals surface area contributed by atoms with E-state index in [1.54, 1.807) is 0 Å². The molecule has 0 unspecified atom stereocenters. The number of rotatable bonds is 4. The number of esters is 1. The Bertz CT molecular complexity index is 781. The van der Waals surface area contributed by atoms with Crippen LogP contribution in [0.4, 0.5) is 4.79 Å². The molecule has 1 N–H and O–H groups in total. The highest BCUT2D eigenvalue weighted by Gasteiger charge is 2.58. The number of benzene rings is 2. The first kappa shape index (κ1) is 15.7. The first-order valence-electron chi connectivity index (χ1n) is 8.19. The lowest BCUT2D eigenvalue weighted by Crippen LogP contribution is -2.41. The van der Waals surface area contributed by atoms with Crippen molar-refractivity contribution in [3.05, 3.63) is 71.8 Å². The van der Waals surface area contributed by atoms with Gasteiger partial charge in [0.25, 0.3) is 0 Å². The van der Waals surface area contributed by atoms with Gasteiger partial charge in [-0.05, 0) is 11.1 Å². The summed E-state index contributed by atoms with van der Waals surface area (Å²) in [5, 5.41) is 10.2. The van der Waals surface area contributed by atoms with Crippen LogP contribution < -0.4 is 0 Å². The number of aliphatic hydroxyl groups excluding tert-OH is 1. The van der Waals surface area contributed by atoms with Crippen LogP contribution in [0.25, 0.3) is 0 Å². The molecule has 2 saturated heterocycles. The van der Waals surface area contributed by atoms with Crippen LogP contribution in [0.5, 0.6) is 0 Å². The number of aliphatic hydroxyl groups is 1. The van der Waals surface area contributed by atoms with Crippen LogP contribution in [0.2, 0.25) is 0 Å². The normalized spacial score (nSPS) is 25.2. The minimum atomic E-state index is -1.30. The van der Waals surface area contributed by atoms with Crippen molar-refractivity contribution >= 4 is 12.0 Å². The Morgan fingerprint density at radius 1 is 0.840 bits per heavy atom. The van der Waals surface area contributed by atoms with Gasteiger partial charge < -0.3 is 19.6 Å².